The molecule has 0 aromatic rings. The summed E-state index contributed by atoms with van der Waals surface area (Å²) in [6, 6.07) is 0. The van der Waals surface area contributed by atoms with Crippen LogP contribution >= 0.6 is 0 Å². The number of nitrogens with two attached hydrogens (primary N) is 1. The summed E-state index contributed by atoms with van der Waals surface area (Å²) >= 11 is 0. The first-order chi connectivity index (χ1) is 7.02. The third-order valence-corrected chi connectivity index (χ3v) is 3.09. The molecule has 0 radical (unpaired) electrons. The van der Waals surface area contributed by atoms with E-state index in [2.05, 4.69) is 0 Å². The lowest BCUT2D eigenvalue weighted by atomic mass is 9.82. The van der Waals surface area contributed by atoms with Gasteiger partial charge < -0.3 is 15.7 Å². The molecule has 0 aliphatic heterocycles. The molecule has 0 spiro atoms. The van der Waals surface area contributed by atoms with Crippen molar-refractivity contribution < 1.29 is 9.90 Å². The van der Waals surface area contributed by atoms with Crippen molar-refractivity contribution in [1.29, 1.82) is 0 Å². The molecule has 0 aromatic heterocycles. The molecule has 1 amide bonds. The van der Waals surface area contributed by atoms with Gasteiger partial charge in [-0.25, -0.2) is 0 Å². The van der Waals surface area contributed by atoms with E-state index in [9.17, 15) is 4.79 Å². The van der Waals surface area contributed by atoms with Gasteiger partial charge in [0.15, 0.2) is 0 Å². The van der Waals surface area contributed by atoms with Gasteiger partial charge >= 0.3 is 0 Å². The zero-order chi connectivity index (χ0) is 11.4. The van der Waals surface area contributed by atoms with Crippen LogP contribution in [0.15, 0.2) is 0 Å². The molecular formula is C11H22N2O2. The van der Waals surface area contributed by atoms with Crippen LogP contribution in [0.4, 0.5) is 0 Å². The molecule has 1 aliphatic carbocycles. The van der Waals surface area contributed by atoms with Crippen LogP contribution in [0.25, 0.3) is 0 Å². The third kappa shape index (κ3) is 3.80. The first-order valence-corrected chi connectivity index (χ1v) is 5.65. The molecular weight excluding hydrogens is 192 g/mol. The Bertz CT molecular complexity index is 215. The third-order valence-electron chi connectivity index (χ3n) is 3.09. The van der Waals surface area contributed by atoms with Crippen molar-refractivity contribution in [1.82, 2.24) is 4.90 Å². The van der Waals surface area contributed by atoms with E-state index in [0.29, 0.717) is 18.9 Å². The lowest BCUT2D eigenvalue weighted by Crippen LogP contribution is -2.40. The van der Waals surface area contributed by atoms with E-state index in [0.717, 1.165) is 19.4 Å². The highest BCUT2D eigenvalue weighted by Gasteiger charge is 2.29. The number of nitrogens with zero attached hydrogens (tertiary/aromatic N) is 1. The van der Waals surface area contributed by atoms with Gasteiger partial charge in [-0.3, -0.25) is 4.79 Å². The highest BCUT2D eigenvalue weighted by molar-refractivity contribution is 5.76. The number of hydrogen-bond donors (Lipinski definition) is 2. The minimum Gasteiger partial charge on any atom is -0.393 e. The van der Waals surface area contributed by atoms with Gasteiger partial charge in [0.05, 0.1) is 6.10 Å². The Hall–Kier alpha value is -0.610. The maximum atomic E-state index is 11.7. The maximum Gasteiger partial charge on any atom is 0.222 e. The molecule has 4 nitrogen and oxygen atoms in total. The molecule has 1 fully saturated rings. The number of aliphatic hydroxyl groups is 1. The van der Waals surface area contributed by atoms with Crippen molar-refractivity contribution in [2.45, 2.75) is 32.3 Å². The van der Waals surface area contributed by atoms with Crippen molar-refractivity contribution in [3.05, 3.63) is 0 Å². The predicted octanol–water partition coefficient (Wildman–Crippen LogP) is 0.201. The molecule has 88 valence electrons. The minimum absolute atomic E-state index is 0.138. The fraction of sp³-hybridized carbons (Fsp3) is 0.909. The van der Waals surface area contributed by atoms with Crippen molar-refractivity contribution in [3.8, 4) is 0 Å². The second-order valence-electron chi connectivity index (χ2n) is 4.81. The van der Waals surface area contributed by atoms with E-state index in [1.54, 1.807) is 4.90 Å². The van der Waals surface area contributed by atoms with Gasteiger partial charge in [0.2, 0.25) is 5.91 Å². The van der Waals surface area contributed by atoms with Crippen LogP contribution in [-0.2, 0) is 4.79 Å². The molecule has 1 aliphatic rings. The number of aliphatic hydroxyl groups excluding tert-OH is 1. The summed E-state index contributed by atoms with van der Waals surface area (Å²) in [4.78, 5) is 13.4. The smallest absolute Gasteiger partial charge is 0.222 e. The predicted molar refractivity (Wildman–Crippen MR) is 59.2 cm³/mol. The average molecular weight is 214 g/mol. The van der Waals surface area contributed by atoms with Crippen LogP contribution in [0.3, 0.4) is 0 Å². The average Bonchev–Trinajstić information content (AvgIpc) is 2.15. The Morgan fingerprint density at radius 1 is 1.60 bits per heavy atom. The summed E-state index contributed by atoms with van der Waals surface area (Å²) in [5.74, 6) is 0.906. The maximum absolute atomic E-state index is 11.7. The number of carbonyl (C=O) groups is 1. The molecule has 4 heteroatoms. The number of hydrogen-bond acceptors (Lipinski definition) is 3. The zero-order valence-corrected chi connectivity index (χ0v) is 9.65. The van der Waals surface area contributed by atoms with Crippen molar-refractivity contribution >= 4 is 5.91 Å². The summed E-state index contributed by atoms with van der Waals surface area (Å²) in [6.07, 6.45) is 2.07. The molecule has 1 atom stereocenters. The SMILES string of the molecule is CC(CN)CC(=O)N(C)CC1CC(O)C1. The van der Waals surface area contributed by atoms with Crippen LogP contribution in [-0.4, -0.2) is 42.2 Å². The van der Waals surface area contributed by atoms with E-state index in [1.165, 1.54) is 0 Å². The van der Waals surface area contributed by atoms with E-state index in [-0.39, 0.29) is 17.9 Å². The van der Waals surface area contributed by atoms with Gasteiger partial charge in [-0.1, -0.05) is 6.92 Å². The number of rotatable bonds is 5. The summed E-state index contributed by atoms with van der Waals surface area (Å²) in [7, 11) is 1.83. The van der Waals surface area contributed by atoms with Gasteiger partial charge in [-0.05, 0) is 31.2 Å². The van der Waals surface area contributed by atoms with Crippen molar-refractivity contribution in [2.24, 2.45) is 17.6 Å². The van der Waals surface area contributed by atoms with E-state index in [1.807, 2.05) is 14.0 Å². The second kappa shape index (κ2) is 5.47. The minimum atomic E-state index is -0.138. The van der Waals surface area contributed by atoms with Gasteiger partial charge in [-0.15, -0.1) is 0 Å². The summed E-state index contributed by atoms with van der Waals surface area (Å²) in [5, 5.41) is 9.13. The molecule has 0 heterocycles. The monoisotopic (exact) mass is 214 g/mol. The highest BCUT2D eigenvalue weighted by Crippen LogP contribution is 2.27. The van der Waals surface area contributed by atoms with E-state index in [4.69, 9.17) is 10.8 Å². The van der Waals surface area contributed by atoms with Crippen molar-refractivity contribution in [3.63, 3.8) is 0 Å². The molecule has 0 saturated heterocycles. The Morgan fingerprint density at radius 3 is 2.67 bits per heavy atom. The topological polar surface area (TPSA) is 66.6 Å². The number of amides is 1. The van der Waals surface area contributed by atoms with Crippen LogP contribution in [0.1, 0.15) is 26.2 Å². The molecule has 3 N–H and O–H groups in total. The molecule has 1 unspecified atom stereocenters. The van der Waals surface area contributed by atoms with E-state index < -0.39 is 0 Å². The Kier molecular flexibility index (Phi) is 4.54. The Labute approximate surface area is 91.4 Å². The largest absolute Gasteiger partial charge is 0.393 e. The van der Waals surface area contributed by atoms with Gasteiger partial charge in [0, 0.05) is 20.0 Å². The Balaban J connectivity index is 2.21. The van der Waals surface area contributed by atoms with Crippen LogP contribution < -0.4 is 5.73 Å². The lowest BCUT2D eigenvalue weighted by molar-refractivity contribution is -0.132. The first-order valence-electron chi connectivity index (χ1n) is 5.65. The highest BCUT2D eigenvalue weighted by atomic mass is 16.3. The Morgan fingerprint density at radius 2 is 2.20 bits per heavy atom. The summed E-state index contributed by atoms with van der Waals surface area (Å²) in [6.45, 7) is 3.31. The summed E-state index contributed by atoms with van der Waals surface area (Å²) < 4.78 is 0. The van der Waals surface area contributed by atoms with E-state index >= 15 is 0 Å². The standard InChI is InChI=1S/C11H22N2O2/c1-8(6-12)3-11(15)13(2)7-9-4-10(14)5-9/h8-10,14H,3-7,12H2,1-2H3. The first kappa shape index (κ1) is 12.5. The quantitative estimate of drug-likeness (QED) is 0.687. The summed E-state index contributed by atoms with van der Waals surface area (Å²) in [5.41, 5.74) is 5.47. The second-order valence-corrected chi connectivity index (χ2v) is 4.81. The van der Waals surface area contributed by atoms with Crippen LogP contribution in [0.5, 0.6) is 0 Å². The molecule has 1 saturated carbocycles. The molecule has 0 bridgehead atoms. The van der Waals surface area contributed by atoms with Crippen LogP contribution in [0.2, 0.25) is 0 Å². The van der Waals surface area contributed by atoms with Gasteiger partial charge in [0.1, 0.15) is 0 Å². The van der Waals surface area contributed by atoms with Gasteiger partial charge in [0.25, 0.3) is 0 Å². The van der Waals surface area contributed by atoms with Gasteiger partial charge in [-0.2, -0.15) is 0 Å². The number of carbonyl (C=O) groups excluding carboxylic acids is 1. The molecule has 0 aromatic carbocycles. The molecule has 1 rings (SSSR count). The zero-order valence-electron chi connectivity index (χ0n) is 9.65. The molecule has 15 heavy (non-hydrogen) atoms. The fourth-order valence-corrected chi connectivity index (χ4v) is 1.88. The fourth-order valence-electron chi connectivity index (χ4n) is 1.88. The normalized spacial score (nSPS) is 26.9. The van der Waals surface area contributed by atoms with Crippen molar-refractivity contribution in [2.75, 3.05) is 20.1 Å². The lowest BCUT2D eigenvalue weighted by Gasteiger charge is -2.34. The van der Waals surface area contributed by atoms with Crippen LogP contribution in [0, 0.1) is 11.8 Å².